The summed E-state index contributed by atoms with van der Waals surface area (Å²) in [6.07, 6.45) is 0. The molecule has 24 aromatic rings. The molecule has 0 bridgehead atoms. The molecule has 642 valence electrons. The third-order valence-corrected chi connectivity index (χ3v) is 25.9. The standard InChI is InChI=1S/C42H32N2O2.C40H26Cl2N2.C40H26F2N2/c1-45-35-21-17-33(18-22-35)43(31-9-5-3-6-10-31)39-27-15-29-14-26-38-40(28-16-30-13-25-37(39)41(29)42(30)38)44(32-11-7-4-8-12-32)34-19-23-36(46-2)24-20-34;2*41-29-15-19-33(20-16-29)43(31-7-3-1-4-8-31)37-25-13-27-12-24-36-38(26-14-28-11-23-35(37)39(27)40(28)36)44(32-9-5-2-6-10-32)34-21-17-30(42)18-22-34/h3-28H,1-2H3;2*1-26H. The van der Waals surface area contributed by atoms with Crippen molar-refractivity contribution in [1.29, 1.82) is 0 Å². The van der Waals surface area contributed by atoms with Gasteiger partial charge in [-0.2, -0.15) is 0 Å². The van der Waals surface area contributed by atoms with E-state index in [1.165, 1.54) is 88.9 Å². The van der Waals surface area contributed by atoms with Gasteiger partial charge in [-0.3, -0.25) is 0 Å². The number of hydrogen-bond acceptors (Lipinski definition) is 8. The highest BCUT2D eigenvalue weighted by Crippen LogP contribution is 2.53. The Bertz CT molecular complexity index is 7480. The minimum atomic E-state index is -0.270. The molecule has 0 saturated carbocycles. The van der Waals surface area contributed by atoms with Crippen molar-refractivity contribution in [2.24, 2.45) is 0 Å². The van der Waals surface area contributed by atoms with Crippen LogP contribution in [0.4, 0.5) is 111 Å². The van der Waals surface area contributed by atoms with Crippen LogP contribution in [0.15, 0.2) is 473 Å². The second kappa shape index (κ2) is 35.9. The first kappa shape index (κ1) is 82.9. The highest BCUT2D eigenvalue weighted by molar-refractivity contribution is 6.33. The van der Waals surface area contributed by atoms with Gasteiger partial charge in [-0.05, 0) is 319 Å². The quantitative estimate of drug-likeness (QED) is 0.0699. The van der Waals surface area contributed by atoms with E-state index in [2.05, 4.69) is 357 Å². The monoisotopic (exact) mass is 1770 g/mol. The summed E-state index contributed by atoms with van der Waals surface area (Å²) in [5.74, 6) is 1.13. The van der Waals surface area contributed by atoms with E-state index in [1.54, 1.807) is 14.2 Å². The van der Waals surface area contributed by atoms with E-state index in [0.717, 1.165) is 146 Å². The topological polar surface area (TPSA) is 37.9 Å². The lowest BCUT2D eigenvalue weighted by Crippen LogP contribution is -2.11. The van der Waals surface area contributed by atoms with Gasteiger partial charge in [0.2, 0.25) is 0 Å². The molecule has 0 heterocycles. The van der Waals surface area contributed by atoms with Gasteiger partial charge >= 0.3 is 0 Å². The van der Waals surface area contributed by atoms with Crippen molar-refractivity contribution in [3.05, 3.63) is 495 Å². The van der Waals surface area contributed by atoms with Gasteiger partial charge in [0.05, 0.1) is 48.3 Å². The fourth-order valence-corrected chi connectivity index (χ4v) is 19.6. The molecule has 0 aliphatic carbocycles. The van der Waals surface area contributed by atoms with E-state index in [-0.39, 0.29) is 11.6 Å². The molecule has 12 heteroatoms. The zero-order chi connectivity index (χ0) is 90.3. The molecule has 24 aromatic carbocycles. The summed E-state index contributed by atoms with van der Waals surface area (Å²) >= 11 is 12.6. The van der Waals surface area contributed by atoms with E-state index in [4.69, 9.17) is 32.7 Å². The SMILES string of the molecule is COc1ccc(N(c2ccccc2)c2ccc3ccc4c(N(c5ccccc5)c5ccc(OC)cc5)ccc5ccc2c3c54)cc1.Clc1ccc(N(c2ccccc2)c2ccc3ccc4c(N(c5ccccc5)c5ccc(Cl)cc5)ccc5ccc2c3c54)cc1.Fc1ccc(N(c2ccccc2)c2ccc3ccc4c(N(c5ccccc5)c5ccc(F)cc5)ccc5ccc2c3c54)cc1. The fraction of sp³-hybridized carbons (Fsp3) is 0.0164. The molecule has 8 nitrogen and oxygen atoms in total. The second-order valence-electron chi connectivity index (χ2n) is 33.1. The number of methoxy groups -OCH3 is 2. The van der Waals surface area contributed by atoms with Crippen molar-refractivity contribution < 1.29 is 18.3 Å². The Morgan fingerprint density at radius 2 is 0.313 bits per heavy atom. The predicted octanol–water partition coefficient (Wildman–Crippen LogP) is 36.2. The molecule has 0 aromatic heterocycles. The van der Waals surface area contributed by atoms with Crippen molar-refractivity contribution in [3.63, 3.8) is 0 Å². The van der Waals surface area contributed by atoms with Crippen LogP contribution in [0.2, 0.25) is 10.0 Å². The van der Waals surface area contributed by atoms with Crippen LogP contribution < -0.4 is 38.9 Å². The van der Waals surface area contributed by atoms with Crippen LogP contribution >= 0.6 is 23.2 Å². The predicted molar refractivity (Wildman–Crippen MR) is 562 cm³/mol. The second-order valence-corrected chi connectivity index (χ2v) is 34.0. The molecule has 0 aliphatic heterocycles. The highest BCUT2D eigenvalue weighted by Gasteiger charge is 2.28. The number of ether oxygens (including phenoxy) is 2. The Morgan fingerprint density at radius 1 is 0.164 bits per heavy atom. The first-order chi connectivity index (χ1) is 66.0. The number of nitrogens with zero attached hydrogens (tertiary/aromatic N) is 6. The zero-order valence-electron chi connectivity index (χ0n) is 73.0. The van der Waals surface area contributed by atoms with E-state index >= 15 is 0 Å². The summed E-state index contributed by atoms with van der Waals surface area (Å²) in [4.78, 5) is 13.7. The minimum absolute atomic E-state index is 0.270. The lowest BCUT2D eigenvalue weighted by atomic mass is 9.91. The maximum atomic E-state index is 14.0. The average Bonchev–Trinajstić information content (AvgIpc) is 0.727. The lowest BCUT2D eigenvalue weighted by molar-refractivity contribution is 0.414. The summed E-state index contributed by atoms with van der Waals surface area (Å²) < 4.78 is 39.0. The van der Waals surface area contributed by atoms with Crippen LogP contribution in [0.3, 0.4) is 0 Å². The van der Waals surface area contributed by atoms with E-state index in [0.29, 0.717) is 10.0 Å². The number of benzene rings is 24. The Morgan fingerprint density at radius 3 is 0.485 bits per heavy atom. The molecule has 0 spiro atoms. The molecule has 0 fully saturated rings. The van der Waals surface area contributed by atoms with Crippen molar-refractivity contribution in [3.8, 4) is 11.5 Å². The molecule has 0 N–H and O–H groups in total. The van der Waals surface area contributed by atoms with Gasteiger partial charge in [0.15, 0.2) is 0 Å². The van der Waals surface area contributed by atoms with Gasteiger partial charge in [-0.25, -0.2) is 8.78 Å². The van der Waals surface area contributed by atoms with Crippen LogP contribution in [0.1, 0.15) is 0 Å². The van der Waals surface area contributed by atoms with Gasteiger partial charge in [0.25, 0.3) is 0 Å². The van der Waals surface area contributed by atoms with Crippen LogP contribution in [-0.2, 0) is 0 Å². The van der Waals surface area contributed by atoms with Crippen LogP contribution in [0.5, 0.6) is 11.5 Å². The van der Waals surface area contributed by atoms with Crippen molar-refractivity contribution in [1.82, 2.24) is 0 Å². The molecular weight excluding hydrogens is 1690 g/mol. The molecule has 0 unspecified atom stereocenters. The van der Waals surface area contributed by atoms with Gasteiger partial charge in [-0.1, -0.05) is 242 Å². The van der Waals surface area contributed by atoms with Crippen molar-refractivity contribution in [2.45, 2.75) is 0 Å². The molecule has 0 atom stereocenters. The third-order valence-electron chi connectivity index (χ3n) is 25.4. The van der Waals surface area contributed by atoms with Gasteiger partial charge in [0.1, 0.15) is 23.1 Å². The zero-order valence-corrected chi connectivity index (χ0v) is 74.6. The van der Waals surface area contributed by atoms with Gasteiger partial charge in [0, 0.05) is 111 Å². The number of para-hydroxylation sites is 6. The Kier molecular flexibility index (Phi) is 22.2. The lowest BCUT2D eigenvalue weighted by Gasteiger charge is -2.29. The van der Waals surface area contributed by atoms with Crippen molar-refractivity contribution >= 4 is 223 Å². The smallest absolute Gasteiger partial charge is 0.123 e. The average molecular weight is 1770 g/mol. The highest BCUT2D eigenvalue weighted by atomic mass is 35.5. The minimum Gasteiger partial charge on any atom is -0.497 e. The molecule has 0 amide bonds. The Balaban J connectivity index is 0.000000117. The van der Waals surface area contributed by atoms with E-state index < -0.39 is 0 Å². The molecular formula is C122H84Cl2F2N6O2. The summed E-state index contributed by atoms with van der Waals surface area (Å²) in [5, 5.41) is 22.9. The third kappa shape index (κ3) is 15.5. The van der Waals surface area contributed by atoms with E-state index in [1.807, 2.05) is 121 Å². The van der Waals surface area contributed by atoms with E-state index in [9.17, 15) is 8.78 Å². The van der Waals surface area contributed by atoms with Crippen LogP contribution in [0, 0.1) is 11.6 Å². The number of halogens is 4. The van der Waals surface area contributed by atoms with Crippen molar-refractivity contribution in [2.75, 3.05) is 43.6 Å². The maximum absolute atomic E-state index is 14.0. The Hall–Kier alpha value is -16.8. The normalized spacial score (nSPS) is 11.4. The largest absolute Gasteiger partial charge is 0.497 e. The summed E-state index contributed by atoms with van der Waals surface area (Å²) in [6, 6.07) is 162. The summed E-state index contributed by atoms with van der Waals surface area (Å²) in [7, 11) is 3.40. The molecule has 0 aliphatic rings. The molecule has 24 rings (SSSR count). The first-order valence-electron chi connectivity index (χ1n) is 44.6. The van der Waals surface area contributed by atoms with Crippen LogP contribution in [-0.4, -0.2) is 14.2 Å². The first-order valence-corrected chi connectivity index (χ1v) is 45.3. The molecule has 0 saturated heterocycles. The molecule has 0 radical (unpaired) electrons. The number of hydrogen-bond donors (Lipinski definition) is 0. The van der Waals surface area contributed by atoms with Crippen LogP contribution in [0.25, 0.3) is 97.0 Å². The van der Waals surface area contributed by atoms with Gasteiger partial charge < -0.3 is 38.9 Å². The maximum Gasteiger partial charge on any atom is 0.123 e. The number of anilines is 18. The summed E-state index contributed by atoms with van der Waals surface area (Å²) in [5.41, 5.74) is 18.8. The Labute approximate surface area is 785 Å². The number of rotatable bonds is 20. The fourth-order valence-electron chi connectivity index (χ4n) is 19.3. The molecule has 134 heavy (non-hydrogen) atoms. The van der Waals surface area contributed by atoms with Gasteiger partial charge in [-0.15, -0.1) is 0 Å². The summed E-state index contributed by atoms with van der Waals surface area (Å²) in [6.45, 7) is 0.